The normalized spacial score (nSPS) is 17.7. The number of Topliss-reactive ketones (excluding diaryl/α,β-unsaturated/α-hetero) is 1. The Bertz CT molecular complexity index is 1330. The van der Waals surface area contributed by atoms with Crippen molar-refractivity contribution in [1.29, 1.82) is 0 Å². The van der Waals surface area contributed by atoms with Crippen molar-refractivity contribution in [2.24, 2.45) is 11.3 Å². The zero-order valence-electron chi connectivity index (χ0n) is 31.1. The number of hydrogen-bond acceptors (Lipinski definition) is 7. The van der Waals surface area contributed by atoms with Gasteiger partial charge in [-0.3, -0.25) is 14.4 Å². The molecule has 0 radical (unpaired) electrons. The van der Waals surface area contributed by atoms with Gasteiger partial charge in [0, 0.05) is 67.8 Å². The number of nitrogens with one attached hydrogen (secondary N) is 3. The molecule has 3 amide bonds. The van der Waals surface area contributed by atoms with Crippen molar-refractivity contribution in [3.63, 3.8) is 0 Å². The van der Waals surface area contributed by atoms with Gasteiger partial charge in [0.05, 0.1) is 6.04 Å². The van der Waals surface area contributed by atoms with E-state index in [0.29, 0.717) is 55.8 Å². The lowest BCUT2D eigenvalue weighted by Gasteiger charge is -2.29. The minimum absolute atomic E-state index is 0.00912. The highest BCUT2D eigenvalue weighted by molar-refractivity contribution is 6.29. The van der Waals surface area contributed by atoms with Crippen LogP contribution in [0.1, 0.15) is 100 Å². The number of carbonyl (C=O) groups is 5. The van der Waals surface area contributed by atoms with Crippen LogP contribution in [0.2, 0.25) is 0 Å². The zero-order chi connectivity index (χ0) is 37.7. The van der Waals surface area contributed by atoms with Crippen molar-refractivity contribution < 1.29 is 33.4 Å². The highest BCUT2D eigenvalue weighted by atomic mass is 35.5. The number of amides is 3. The molecule has 1 aliphatic rings. The van der Waals surface area contributed by atoms with Crippen LogP contribution < -0.4 is 16.0 Å². The van der Waals surface area contributed by atoms with E-state index in [9.17, 15) is 24.0 Å². The van der Waals surface area contributed by atoms with Gasteiger partial charge in [-0.2, -0.15) is 0 Å². The van der Waals surface area contributed by atoms with Gasteiger partial charge >= 0.3 is 12.1 Å². The van der Waals surface area contributed by atoms with Crippen LogP contribution in [0.3, 0.4) is 0 Å². The van der Waals surface area contributed by atoms with E-state index in [1.165, 1.54) is 6.08 Å². The molecule has 0 aromatic carbocycles. The molecular weight excluding hydrogens is 658 g/mol. The third kappa shape index (κ3) is 19.3. The maximum Gasteiger partial charge on any atom is 0.407 e. The molecule has 0 aliphatic carbocycles. The van der Waals surface area contributed by atoms with Crippen molar-refractivity contribution in [1.82, 2.24) is 16.0 Å². The summed E-state index contributed by atoms with van der Waals surface area (Å²) in [7, 11) is 0. The van der Waals surface area contributed by atoms with Crippen molar-refractivity contribution in [3.8, 4) is 0 Å². The van der Waals surface area contributed by atoms with Crippen LogP contribution in [0.25, 0.3) is 0 Å². The Labute approximate surface area is 303 Å². The quantitative estimate of drug-likeness (QED) is 0.0395. The van der Waals surface area contributed by atoms with Crippen LogP contribution in [0.15, 0.2) is 70.9 Å². The van der Waals surface area contributed by atoms with Crippen LogP contribution in [-0.4, -0.2) is 61.0 Å². The lowest BCUT2D eigenvalue weighted by molar-refractivity contribution is -0.147. The third-order valence-corrected chi connectivity index (χ3v) is 7.94. The Morgan fingerprint density at radius 1 is 1.06 bits per heavy atom. The number of esters is 1. The summed E-state index contributed by atoms with van der Waals surface area (Å²) in [5, 5.41) is 8.91. The minimum Gasteiger partial charge on any atom is -0.458 e. The SMILES string of the molecule is CCCC(=O)NCCCNC(=O)O[C@H](C/C=C\CC(=O)[C@@H](NC(=O)\C=C/C=C\C(C)=C\[C@H](C)[C@@H]1CC=C(C)C(=O)O1)C(C)(C)C)C/C=C(\C)Cl. The van der Waals surface area contributed by atoms with E-state index >= 15 is 0 Å². The van der Waals surface area contributed by atoms with E-state index in [0.717, 1.165) is 12.0 Å². The minimum atomic E-state index is -0.724. The Kier molecular flexibility index (Phi) is 20.7. The number of rotatable bonds is 20. The van der Waals surface area contributed by atoms with Crippen LogP contribution >= 0.6 is 11.6 Å². The van der Waals surface area contributed by atoms with Crippen molar-refractivity contribution in [3.05, 3.63) is 70.9 Å². The van der Waals surface area contributed by atoms with Crippen molar-refractivity contribution >= 4 is 41.3 Å². The Balaban J connectivity index is 2.67. The molecule has 11 heteroatoms. The third-order valence-electron chi connectivity index (χ3n) is 7.78. The second-order valence-electron chi connectivity index (χ2n) is 13.7. The number of hydrogen-bond donors (Lipinski definition) is 3. The van der Waals surface area contributed by atoms with Gasteiger partial charge in [-0.1, -0.05) is 100 Å². The average molecular weight is 716 g/mol. The first-order valence-corrected chi connectivity index (χ1v) is 17.8. The van der Waals surface area contributed by atoms with Crippen molar-refractivity contribution in [2.75, 3.05) is 13.1 Å². The van der Waals surface area contributed by atoms with Crippen LogP contribution in [0, 0.1) is 11.3 Å². The maximum atomic E-state index is 13.2. The average Bonchev–Trinajstić information content (AvgIpc) is 3.03. The smallest absolute Gasteiger partial charge is 0.407 e. The van der Waals surface area contributed by atoms with Gasteiger partial charge in [0.25, 0.3) is 0 Å². The van der Waals surface area contributed by atoms with Crippen LogP contribution in [0.4, 0.5) is 4.79 Å². The second-order valence-corrected chi connectivity index (χ2v) is 14.3. The predicted octanol–water partition coefficient (Wildman–Crippen LogP) is 7.31. The molecule has 0 bridgehead atoms. The first kappa shape index (κ1) is 44.1. The summed E-state index contributed by atoms with van der Waals surface area (Å²) in [6, 6.07) is -0.724. The number of halogens is 1. The molecule has 0 saturated carbocycles. The van der Waals surface area contributed by atoms with Gasteiger partial charge in [-0.15, -0.1) is 0 Å². The largest absolute Gasteiger partial charge is 0.458 e. The van der Waals surface area contributed by atoms with Gasteiger partial charge in [0.15, 0.2) is 5.78 Å². The molecular formula is C39H58ClN3O7. The number of alkyl carbamates (subject to hydrolysis) is 1. The topological polar surface area (TPSA) is 140 Å². The van der Waals surface area contributed by atoms with Gasteiger partial charge in [-0.05, 0) is 39.0 Å². The maximum absolute atomic E-state index is 13.2. The highest BCUT2D eigenvalue weighted by Gasteiger charge is 2.31. The Hall–Kier alpha value is -3.92. The molecule has 10 nitrogen and oxygen atoms in total. The highest BCUT2D eigenvalue weighted by Crippen LogP contribution is 2.23. The van der Waals surface area contributed by atoms with E-state index in [1.54, 1.807) is 44.2 Å². The van der Waals surface area contributed by atoms with Gasteiger partial charge in [0.1, 0.15) is 12.2 Å². The molecule has 4 atom stereocenters. The number of ketones is 1. The summed E-state index contributed by atoms with van der Waals surface area (Å²) in [6.07, 6.45) is 17.9. The molecule has 0 saturated heterocycles. The Morgan fingerprint density at radius 3 is 2.38 bits per heavy atom. The number of ether oxygens (including phenoxy) is 2. The summed E-state index contributed by atoms with van der Waals surface area (Å²) in [5.74, 6) is -0.791. The van der Waals surface area contributed by atoms with Gasteiger partial charge in [-0.25, -0.2) is 9.59 Å². The summed E-state index contributed by atoms with van der Waals surface area (Å²) in [5.41, 5.74) is 1.07. The van der Waals surface area contributed by atoms with E-state index in [1.807, 2.05) is 59.8 Å². The summed E-state index contributed by atoms with van der Waals surface area (Å²) in [6.45, 7) is 15.9. The van der Waals surface area contributed by atoms with Gasteiger partial charge < -0.3 is 25.4 Å². The van der Waals surface area contributed by atoms with E-state index in [4.69, 9.17) is 21.1 Å². The molecule has 1 heterocycles. The molecule has 278 valence electrons. The fourth-order valence-electron chi connectivity index (χ4n) is 4.94. The summed E-state index contributed by atoms with van der Waals surface area (Å²) >= 11 is 6.00. The molecule has 1 rings (SSSR count). The fourth-order valence-corrected chi connectivity index (χ4v) is 5.03. The molecule has 0 fully saturated rings. The van der Waals surface area contributed by atoms with E-state index < -0.39 is 23.7 Å². The van der Waals surface area contributed by atoms with Crippen LogP contribution in [0.5, 0.6) is 0 Å². The number of allylic oxidation sites excluding steroid dienone is 6. The summed E-state index contributed by atoms with van der Waals surface area (Å²) in [4.78, 5) is 61.7. The second kappa shape index (κ2) is 23.5. The monoisotopic (exact) mass is 715 g/mol. The molecule has 3 N–H and O–H groups in total. The lowest BCUT2D eigenvalue weighted by atomic mass is 9.83. The molecule has 0 aromatic heterocycles. The predicted molar refractivity (Wildman–Crippen MR) is 199 cm³/mol. The Morgan fingerprint density at radius 2 is 1.74 bits per heavy atom. The van der Waals surface area contributed by atoms with Gasteiger partial charge in [0.2, 0.25) is 11.8 Å². The standard InChI is InChI=1S/C39H58ClN3O7/c1-9-15-34(45)41-24-14-25-42-38(48)49-31(22-21-30(5)40)17-11-12-18-32(44)36(39(6,7)8)43-35(46)19-13-10-16-27(2)26-29(4)33-23-20-28(3)37(47)50-33/h10-13,16,19-21,26,29,31,33,36H,9,14-15,17-18,22-25H2,1-8H3,(H,41,45)(H,42,48)(H,43,46)/b12-11-,16-10-,19-13-,27-26+,30-21+/t29-,31+,33-,36+/m0/s1. The van der Waals surface area contributed by atoms with Crippen LogP contribution in [-0.2, 0) is 28.7 Å². The first-order valence-electron chi connectivity index (χ1n) is 17.5. The lowest BCUT2D eigenvalue weighted by Crippen LogP contribution is -2.48. The zero-order valence-corrected chi connectivity index (χ0v) is 31.9. The number of carbonyl (C=O) groups excluding carboxylic acids is 5. The van der Waals surface area contributed by atoms with E-state index in [2.05, 4.69) is 16.0 Å². The molecule has 0 unspecified atom stereocenters. The molecule has 0 spiro atoms. The van der Waals surface area contributed by atoms with E-state index in [-0.39, 0.29) is 42.0 Å². The molecule has 50 heavy (non-hydrogen) atoms. The first-order chi connectivity index (χ1) is 23.5. The number of cyclic esters (lactones) is 1. The van der Waals surface area contributed by atoms with Crippen molar-refractivity contribution in [2.45, 2.75) is 119 Å². The summed E-state index contributed by atoms with van der Waals surface area (Å²) < 4.78 is 11.1. The fraction of sp³-hybridized carbons (Fsp3) is 0.564. The molecule has 0 aromatic rings. The molecule has 1 aliphatic heterocycles.